The van der Waals surface area contributed by atoms with Crippen molar-refractivity contribution in [2.75, 3.05) is 7.11 Å². The van der Waals surface area contributed by atoms with E-state index in [9.17, 15) is 9.59 Å². The van der Waals surface area contributed by atoms with Crippen LogP contribution in [0.1, 0.15) is 39.4 Å². The Bertz CT molecular complexity index is 764. The molecule has 1 aromatic heterocycles. The van der Waals surface area contributed by atoms with Gasteiger partial charge in [-0.25, -0.2) is 9.48 Å². The molecule has 0 radical (unpaired) electrons. The number of carbonyl (C=O) groups excluding carboxylic acids is 2. The predicted octanol–water partition coefficient (Wildman–Crippen LogP) is 2.51. The van der Waals surface area contributed by atoms with Gasteiger partial charge >= 0.3 is 5.97 Å². The summed E-state index contributed by atoms with van der Waals surface area (Å²) < 4.78 is 6.35. The van der Waals surface area contributed by atoms with Crippen molar-refractivity contribution in [3.05, 3.63) is 46.2 Å². The fraction of sp³-hybridized carbons (Fsp3) is 0.312. The molecule has 3 rings (SSSR count). The average molecular weight is 334 g/mol. The van der Waals surface area contributed by atoms with Gasteiger partial charge in [-0.05, 0) is 44.0 Å². The Morgan fingerprint density at radius 3 is 2.52 bits per heavy atom. The number of aromatic nitrogens is 2. The van der Waals surface area contributed by atoms with Crippen LogP contribution in [0.5, 0.6) is 0 Å². The second-order valence-corrected chi connectivity index (χ2v) is 5.87. The van der Waals surface area contributed by atoms with E-state index < -0.39 is 5.97 Å². The van der Waals surface area contributed by atoms with Crippen molar-refractivity contribution >= 4 is 23.5 Å². The molecule has 1 aliphatic rings. The molecule has 7 heteroatoms. The van der Waals surface area contributed by atoms with Crippen LogP contribution >= 0.6 is 11.6 Å². The first-order valence-electron chi connectivity index (χ1n) is 7.26. The number of ether oxygens (including phenoxy) is 1. The van der Waals surface area contributed by atoms with Crippen molar-refractivity contribution in [1.82, 2.24) is 15.1 Å². The minimum Gasteiger partial charge on any atom is -0.465 e. The Balaban J connectivity index is 2.06. The van der Waals surface area contributed by atoms with Crippen molar-refractivity contribution in [3.8, 4) is 5.69 Å². The predicted molar refractivity (Wildman–Crippen MR) is 85.1 cm³/mol. The maximum Gasteiger partial charge on any atom is 0.342 e. The van der Waals surface area contributed by atoms with E-state index in [-0.39, 0.29) is 23.2 Å². The van der Waals surface area contributed by atoms with Crippen LogP contribution in [0.2, 0.25) is 5.02 Å². The van der Waals surface area contributed by atoms with Crippen LogP contribution in [-0.2, 0) is 4.74 Å². The second kappa shape index (κ2) is 6.04. The van der Waals surface area contributed by atoms with Crippen LogP contribution in [0, 0.1) is 6.92 Å². The summed E-state index contributed by atoms with van der Waals surface area (Å²) in [5.41, 5.74) is 1.51. The summed E-state index contributed by atoms with van der Waals surface area (Å²) in [5, 5.41) is 7.76. The van der Waals surface area contributed by atoms with E-state index in [1.807, 2.05) is 0 Å². The smallest absolute Gasteiger partial charge is 0.342 e. The van der Waals surface area contributed by atoms with Crippen molar-refractivity contribution in [3.63, 3.8) is 0 Å². The third-order valence-corrected chi connectivity index (χ3v) is 3.96. The lowest BCUT2D eigenvalue weighted by Crippen LogP contribution is -2.27. The summed E-state index contributed by atoms with van der Waals surface area (Å²) in [4.78, 5) is 24.5. The molecule has 1 saturated carbocycles. The van der Waals surface area contributed by atoms with Gasteiger partial charge in [0.25, 0.3) is 5.91 Å². The minimum absolute atomic E-state index is 0.0798. The molecule has 1 amide bonds. The minimum atomic E-state index is -0.580. The summed E-state index contributed by atoms with van der Waals surface area (Å²) in [7, 11) is 1.28. The molecule has 23 heavy (non-hydrogen) atoms. The van der Waals surface area contributed by atoms with Crippen molar-refractivity contribution < 1.29 is 14.3 Å². The number of carbonyl (C=O) groups is 2. The van der Waals surface area contributed by atoms with Gasteiger partial charge in [0, 0.05) is 11.1 Å². The van der Waals surface area contributed by atoms with E-state index >= 15 is 0 Å². The molecule has 1 heterocycles. The highest BCUT2D eigenvalue weighted by atomic mass is 35.5. The van der Waals surface area contributed by atoms with Crippen LogP contribution in [-0.4, -0.2) is 34.8 Å². The normalized spacial score (nSPS) is 13.7. The summed E-state index contributed by atoms with van der Waals surface area (Å²) in [6.45, 7) is 1.72. The van der Waals surface area contributed by atoms with E-state index in [0.717, 1.165) is 12.8 Å². The Kier molecular flexibility index (Phi) is 4.09. The molecule has 0 atom stereocenters. The lowest BCUT2D eigenvalue weighted by Gasteiger charge is -2.04. The fourth-order valence-electron chi connectivity index (χ4n) is 2.32. The lowest BCUT2D eigenvalue weighted by molar-refractivity contribution is 0.0595. The third kappa shape index (κ3) is 3.07. The zero-order valence-corrected chi connectivity index (χ0v) is 13.6. The monoisotopic (exact) mass is 333 g/mol. The van der Waals surface area contributed by atoms with Crippen molar-refractivity contribution in [1.29, 1.82) is 0 Å². The molecular weight excluding hydrogens is 318 g/mol. The van der Waals surface area contributed by atoms with Crippen molar-refractivity contribution in [2.24, 2.45) is 0 Å². The molecule has 2 aromatic rings. The number of hydrogen-bond acceptors (Lipinski definition) is 4. The molecule has 1 aliphatic carbocycles. The average Bonchev–Trinajstić information content (AvgIpc) is 3.28. The van der Waals surface area contributed by atoms with E-state index in [1.165, 1.54) is 7.11 Å². The number of nitrogens with zero attached hydrogens (tertiary/aromatic N) is 2. The van der Waals surface area contributed by atoms with Gasteiger partial charge in [-0.2, -0.15) is 5.10 Å². The first kappa shape index (κ1) is 15.6. The summed E-state index contributed by atoms with van der Waals surface area (Å²) in [6, 6.07) is 7.16. The summed E-state index contributed by atoms with van der Waals surface area (Å²) in [5.74, 6) is -0.938. The number of halogens is 1. The quantitative estimate of drug-likeness (QED) is 0.872. The summed E-state index contributed by atoms with van der Waals surface area (Å²) in [6.07, 6.45) is 1.91. The van der Waals surface area contributed by atoms with Crippen LogP contribution in [0.15, 0.2) is 24.3 Å². The largest absolute Gasteiger partial charge is 0.465 e. The van der Waals surface area contributed by atoms with Gasteiger partial charge in [0.2, 0.25) is 0 Å². The highest BCUT2D eigenvalue weighted by Gasteiger charge is 2.30. The van der Waals surface area contributed by atoms with E-state index in [2.05, 4.69) is 10.4 Å². The topological polar surface area (TPSA) is 73.2 Å². The maximum absolute atomic E-state index is 12.4. The van der Waals surface area contributed by atoms with Gasteiger partial charge < -0.3 is 10.1 Å². The van der Waals surface area contributed by atoms with E-state index in [0.29, 0.717) is 16.4 Å². The highest BCUT2D eigenvalue weighted by Crippen LogP contribution is 2.23. The maximum atomic E-state index is 12.4. The first-order valence-corrected chi connectivity index (χ1v) is 7.63. The SMILES string of the molecule is COC(=O)c1c(C(=O)NC2CC2)nn(-c2ccc(Cl)cc2)c1C. The fourth-order valence-corrected chi connectivity index (χ4v) is 2.45. The molecule has 1 fully saturated rings. The van der Waals surface area contributed by atoms with Gasteiger partial charge in [0.15, 0.2) is 5.69 Å². The third-order valence-electron chi connectivity index (χ3n) is 3.70. The van der Waals surface area contributed by atoms with Gasteiger partial charge in [-0.1, -0.05) is 11.6 Å². The number of methoxy groups -OCH3 is 1. The van der Waals surface area contributed by atoms with Crippen LogP contribution in [0.3, 0.4) is 0 Å². The van der Waals surface area contributed by atoms with Gasteiger partial charge in [0.1, 0.15) is 5.56 Å². The Morgan fingerprint density at radius 1 is 1.30 bits per heavy atom. The van der Waals surface area contributed by atoms with Gasteiger partial charge in [-0.3, -0.25) is 4.79 Å². The molecule has 1 aromatic carbocycles. The molecule has 0 spiro atoms. The second-order valence-electron chi connectivity index (χ2n) is 5.44. The molecule has 1 N–H and O–H groups in total. The highest BCUT2D eigenvalue weighted by molar-refractivity contribution is 6.30. The molecular formula is C16H16ClN3O3. The Morgan fingerprint density at radius 2 is 1.96 bits per heavy atom. The van der Waals surface area contributed by atoms with Gasteiger partial charge in [-0.15, -0.1) is 0 Å². The van der Waals surface area contributed by atoms with E-state index in [4.69, 9.17) is 16.3 Å². The molecule has 120 valence electrons. The number of hydrogen-bond donors (Lipinski definition) is 1. The molecule has 6 nitrogen and oxygen atoms in total. The zero-order valence-electron chi connectivity index (χ0n) is 12.8. The standard InChI is InChI=1S/C16H16ClN3O3/c1-9-13(16(22)23-2)14(15(21)18-11-5-6-11)19-20(9)12-7-3-10(17)4-8-12/h3-4,7-8,11H,5-6H2,1-2H3,(H,18,21). The van der Waals surface area contributed by atoms with E-state index in [1.54, 1.807) is 35.9 Å². The van der Waals surface area contributed by atoms with Crippen LogP contribution in [0.25, 0.3) is 5.69 Å². The van der Waals surface area contributed by atoms with Crippen molar-refractivity contribution in [2.45, 2.75) is 25.8 Å². The Labute approximate surface area is 138 Å². The number of amides is 1. The van der Waals surface area contributed by atoms with Gasteiger partial charge in [0.05, 0.1) is 18.5 Å². The summed E-state index contributed by atoms with van der Waals surface area (Å²) >= 11 is 5.90. The number of esters is 1. The first-order chi connectivity index (χ1) is 11.0. The number of nitrogens with one attached hydrogen (secondary N) is 1. The molecule has 0 bridgehead atoms. The lowest BCUT2D eigenvalue weighted by atomic mass is 10.1. The zero-order chi connectivity index (χ0) is 16.6. The van der Waals surface area contributed by atoms with Crippen LogP contribution < -0.4 is 5.32 Å². The Hall–Kier alpha value is -2.34. The molecule has 0 aliphatic heterocycles. The number of benzene rings is 1. The molecule has 0 saturated heterocycles. The number of rotatable bonds is 4. The molecule has 0 unspecified atom stereocenters. The van der Waals surface area contributed by atoms with Crippen LogP contribution in [0.4, 0.5) is 0 Å².